The lowest BCUT2D eigenvalue weighted by Crippen LogP contribution is -2.35. The fourth-order valence-electron chi connectivity index (χ4n) is 2.19. The van der Waals surface area contributed by atoms with Gasteiger partial charge in [0.25, 0.3) is 5.91 Å². The summed E-state index contributed by atoms with van der Waals surface area (Å²) in [6.07, 6.45) is 0. The molecule has 0 unspecified atom stereocenters. The minimum Gasteiger partial charge on any atom is -0.484 e. The predicted molar refractivity (Wildman–Crippen MR) is 72.3 cm³/mol. The van der Waals surface area contributed by atoms with Gasteiger partial charge in [0.05, 0.1) is 6.54 Å². The number of nitrogens with zero attached hydrogens (tertiary/aromatic N) is 2. The van der Waals surface area contributed by atoms with E-state index >= 15 is 0 Å². The van der Waals surface area contributed by atoms with Crippen LogP contribution in [0.25, 0.3) is 0 Å². The number of hydrogen-bond donors (Lipinski definition) is 2. The van der Waals surface area contributed by atoms with Gasteiger partial charge in [-0.05, 0) is 5.56 Å². The number of aromatic carboxylic acids is 1. The van der Waals surface area contributed by atoms with Crippen LogP contribution >= 0.6 is 0 Å². The number of carboxylic acids is 1. The zero-order valence-electron chi connectivity index (χ0n) is 11.1. The van der Waals surface area contributed by atoms with Crippen LogP contribution in [0.1, 0.15) is 26.5 Å². The molecule has 2 aromatic rings. The standard InChI is InChI=1S/C14H13N3O4/c18-13-11-12(21-8-9-4-2-1-3-5-9)10(14(19)20)16-17(11)7-6-15-13/h1-5H,6-8H2,(H,15,18)(H,19,20). The molecular formula is C14H13N3O4. The summed E-state index contributed by atoms with van der Waals surface area (Å²) in [6, 6.07) is 9.31. The lowest BCUT2D eigenvalue weighted by Gasteiger charge is -2.15. The van der Waals surface area contributed by atoms with Gasteiger partial charge in [0.1, 0.15) is 6.61 Å². The smallest absolute Gasteiger partial charge is 0.360 e. The molecule has 108 valence electrons. The van der Waals surface area contributed by atoms with Crippen LogP contribution in [0.2, 0.25) is 0 Å². The molecule has 1 aromatic heterocycles. The molecule has 0 saturated heterocycles. The minimum atomic E-state index is -1.22. The summed E-state index contributed by atoms with van der Waals surface area (Å²) in [4.78, 5) is 23.2. The number of hydrogen-bond acceptors (Lipinski definition) is 4. The Balaban J connectivity index is 1.94. The van der Waals surface area contributed by atoms with E-state index in [0.717, 1.165) is 5.56 Å². The van der Waals surface area contributed by atoms with E-state index in [2.05, 4.69) is 10.4 Å². The van der Waals surface area contributed by atoms with Crippen molar-refractivity contribution in [3.05, 3.63) is 47.3 Å². The van der Waals surface area contributed by atoms with Gasteiger partial charge >= 0.3 is 5.97 Å². The second-order valence-electron chi connectivity index (χ2n) is 4.58. The molecule has 0 bridgehead atoms. The van der Waals surface area contributed by atoms with E-state index < -0.39 is 5.97 Å². The monoisotopic (exact) mass is 287 g/mol. The normalized spacial score (nSPS) is 13.4. The summed E-state index contributed by atoms with van der Waals surface area (Å²) in [5.41, 5.74) is 0.803. The first-order valence-corrected chi connectivity index (χ1v) is 6.46. The lowest BCUT2D eigenvalue weighted by molar-refractivity contribution is 0.0684. The summed E-state index contributed by atoms with van der Waals surface area (Å²) in [6.45, 7) is 1.02. The number of ether oxygens (including phenoxy) is 1. The molecule has 21 heavy (non-hydrogen) atoms. The van der Waals surface area contributed by atoms with Crippen molar-refractivity contribution < 1.29 is 19.4 Å². The first kappa shape index (κ1) is 13.2. The number of carbonyl (C=O) groups excluding carboxylic acids is 1. The molecule has 0 radical (unpaired) electrons. The molecule has 0 aliphatic carbocycles. The van der Waals surface area contributed by atoms with E-state index in [9.17, 15) is 14.7 Å². The Kier molecular flexibility index (Phi) is 3.31. The molecular weight excluding hydrogens is 274 g/mol. The van der Waals surface area contributed by atoms with Gasteiger partial charge < -0.3 is 15.2 Å². The fourth-order valence-corrected chi connectivity index (χ4v) is 2.19. The van der Waals surface area contributed by atoms with Crippen molar-refractivity contribution in [1.82, 2.24) is 15.1 Å². The van der Waals surface area contributed by atoms with Crippen LogP contribution in [-0.4, -0.2) is 33.3 Å². The first-order valence-electron chi connectivity index (χ1n) is 6.46. The van der Waals surface area contributed by atoms with Gasteiger partial charge in [-0.3, -0.25) is 9.48 Å². The highest BCUT2D eigenvalue weighted by Gasteiger charge is 2.30. The summed E-state index contributed by atoms with van der Waals surface area (Å²) in [5, 5.41) is 15.8. The topological polar surface area (TPSA) is 93.4 Å². The minimum absolute atomic E-state index is 0.0172. The fraction of sp³-hybridized carbons (Fsp3) is 0.214. The number of aromatic nitrogens is 2. The van der Waals surface area contributed by atoms with Gasteiger partial charge in [0, 0.05) is 6.54 Å². The number of nitrogens with one attached hydrogen (secondary N) is 1. The summed E-state index contributed by atoms with van der Waals surface area (Å²) >= 11 is 0. The molecule has 7 nitrogen and oxygen atoms in total. The van der Waals surface area contributed by atoms with Crippen LogP contribution < -0.4 is 10.1 Å². The van der Waals surface area contributed by atoms with Crippen LogP contribution in [0, 0.1) is 0 Å². The third-order valence-corrected chi connectivity index (χ3v) is 3.16. The maximum absolute atomic E-state index is 11.9. The zero-order valence-corrected chi connectivity index (χ0v) is 11.1. The number of carbonyl (C=O) groups is 2. The van der Waals surface area contributed by atoms with Crippen LogP contribution in [-0.2, 0) is 13.2 Å². The third-order valence-electron chi connectivity index (χ3n) is 3.16. The van der Waals surface area contributed by atoms with E-state index in [1.54, 1.807) is 0 Å². The van der Waals surface area contributed by atoms with Crippen LogP contribution in [0.15, 0.2) is 30.3 Å². The van der Waals surface area contributed by atoms with E-state index in [0.29, 0.717) is 13.1 Å². The van der Waals surface area contributed by atoms with Gasteiger partial charge in [-0.1, -0.05) is 30.3 Å². The highest BCUT2D eigenvalue weighted by molar-refractivity contribution is 6.00. The van der Waals surface area contributed by atoms with Gasteiger partial charge in [-0.2, -0.15) is 5.10 Å². The van der Waals surface area contributed by atoms with E-state index in [-0.39, 0.29) is 29.7 Å². The average Bonchev–Trinajstić information content (AvgIpc) is 2.86. The number of amides is 1. The number of benzene rings is 1. The summed E-state index contributed by atoms with van der Waals surface area (Å²) in [7, 11) is 0. The SMILES string of the molecule is O=C(O)c1nn2c(c1OCc1ccccc1)C(=O)NCC2. The summed E-state index contributed by atoms with van der Waals surface area (Å²) in [5.74, 6) is -1.57. The Morgan fingerprint density at radius 3 is 2.86 bits per heavy atom. The molecule has 1 aromatic carbocycles. The molecule has 0 atom stereocenters. The quantitative estimate of drug-likeness (QED) is 0.871. The highest BCUT2D eigenvalue weighted by atomic mass is 16.5. The average molecular weight is 287 g/mol. The second-order valence-corrected chi connectivity index (χ2v) is 4.58. The lowest BCUT2D eigenvalue weighted by atomic mass is 10.2. The Labute approximate surface area is 120 Å². The van der Waals surface area contributed by atoms with E-state index in [4.69, 9.17) is 4.74 Å². The Bertz CT molecular complexity index is 694. The highest BCUT2D eigenvalue weighted by Crippen LogP contribution is 2.26. The molecule has 1 aliphatic rings. The Hall–Kier alpha value is -2.83. The van der Waals surface area contributed by atoms with Gasteiger partial charge in [-0.25, -0.2) is 4.79 Å². The first-order chi connectivity index (χ1) is 10.2. The van der Waals surface area contributed by atoms with Crippen molar-refractivity contribution in [2.45, 2.75) is 13.2 Å². The zero-order chi connectivity index (χ0) is 14.8. The number of carboxylic acid groups (broad SMARTS) is 1. The molecule has 3 rings (SSSR count). The van der Waals surface area contributed by atoms with Crippen molar-refractivity contribution >= 4 is 11.9 Å². The van der Waals surface area contributed by atoms with Crippen LogP contribution in [0.4, 0.5) is 0 Å². The van der Waals surface area contributed by atoms with Crippen LogP contribution in [0.3, 0.4) is 0 Å². The maximum atomic E-state index is 11.9. The van der Waals surface area contributed by atoms with Gasteiger partial charge in [0.15, 0.2) is 11.4 Å². The van der Waals surface area contributed by atoms with Crippen molar-refractivity contribution in [2.75, 3.05) is 6.54 Å². The van der Waals surface area contributed by atoms with E-state index in [1.807, 2.05) is 30.3 Å². The molecule has 0 fully saturated rings. The molecule has 2 N–H and O–H groups in total. The molecule has 1 amide bonds. The van der Waals surface area contributed by atoms with Crippen molar-refractivity contribution in [1.29, 1.82) is 0 Å². The third kappa shape index (κ3) is 2.45. The van der Waals surface area contributed by atoms with Crippen LogP contribution in [0.5, 0.6) is 5.75 Å². The van der Waals surface area contributed by atoms with Crippen molar-refractivity contribution in [2.24, 2.45) is 0 Å². The maximum Gasteiger partial charge on any atom is 0.360 e. The molecule has 7 heteroatoms. The second kappa shape index (κ2) is 5.28. The molecule has 0 spiro atoms. The summed E-state index contributed by atoms with van der Waals surface area (Å²) < 4.78 is 6.95. The Morgan fingerprint density at radius 2 is 2.14 bits per heavy atom. The van der Waals surface area contributed by atoms with E-state index in [1.165, 1.54) is 4.68 Å². The predicted octanol–water partition coefficient (Wildman–Crippen LogP) is 0.904. The van der Waals surface area contributed by atoms with Gasteiger partial charge in [0.2, 0.25) is 5.69 Å². The molecule has 2 heterocycles. The number of rotatable bonds is 4. The number of fused-ring (bicyclic) bond motifs is 1. The molecule has 0 saturated carbocycles. The van der Waals surface area contributed by atoms with Crippen molar-refractivity contribution in [3.8, 4) is 5.75 Å². The molecule has 1 aliphatic heterocycles. The van der Waals surface area contributed by atoms with Crippen molar-refractivity contribution in [3.63, 3.8) is 0 Å². The van der Waals surface area contributed by atoms with Gasteiger partial charge in [-0.15, -0.1) is 0 Å². The Morgan fingerprint density at radius 1 is 1.38 bits per heavy atom. The largest absolute Gasteiger partial charge is 0.484 e.